The molecule has 0 atom stereocenters. The molecular formula is C108H63N3S6. The molecular weight excluding hydrogens is 1530 g/mol. The zero-order chi connectivity index (χ0) is 76.5. The lowest BCUT2D eigenvalue weighted by molar-refractivity contribution is 1.19. The Hall–Kier alpha value is -13.3. The third kappa shape index (κ3) is 10.3. The van der Waals surface area contributed by atoms with Gasteiger partial charge < -0.3 is 13.7 Å². The van der Waals surface area contributed by atoms with Gasteiger partial charge in [-0.05, 0) is 151 Å². The van der Waals surface area contributed by atoms with E-state index in [1.165, 1.54) is 237 Å². The van der Waals surface area contributed by atoms with Crippen LogP contribution in [-0.4, -0.2) is 13.7 Å². The van der Waals surface area contributed by atoms with E-state index in [2.05, 4.69) is 396 Å². The molecule has 0 fully saturated rings. The van der Waals surface area contributed by atoms with E-state index in [0.29, 0.717) is 0 Å². The molecule has 9 heterocycles. The molecule has 0 amide bonds. The van der Waals surface area contributed by atoms with Gasteiger partial charge in [-0.3, -0.25) is 0 Å². The maximum Gasteiger partial charge on any atom is 0.0727 e. The van der Waals surface area contributed by atoms with Gasteiger partial charge in [0.05, 0.1) is 47.2 Å². The minimum atomic E-state index is 1.20. The first-order chi connectivity index (χ1) is 58.1. The van der Waals surface area contributed by atoms with E-state index >= 15 is 0 Å². The molecule has 0 spiro atoms. The minimum absolute atomic E-state index is 1.20. The van der Waals surface area contributed by atoms with Crippen LogP contribution in [0.25, 0.3) is 237 Å². The van der Waals surface area contributed by atoms with Gasteiger partial charge in [0, 0.05) is 130 Å². The highest BCUT2D eigenvalue weighted by atomic mass is 32.1. The van der Waals surface area contributed by atoms with Gasteiger partial charge in [-0.25, -0.2) is 0 Å². The number of fused-ring (bicyclic) bond motifs is 30. The lowest BCUT2D eigenvalue weighted by Crippen LogP contribution is -1.92. The first kappa shape index (κ1) is 67.1. The monoisotopic (exact) mass is 1590 g/mol. The summed E-state index contributed by atoms with van der Waals surface area (Å²) in [7, 11) is 0. The van der Waals surface area contributed by atoms with Crippen molar-refractivity contribution in [3.63, 3.8) is 0 Å². The maximum absolute atomic E-state index is 2.44. The third-order valence-electron chi connectivity index (χ3n) is 24.0. The molecule has 0 saturated carbocycles. The van der Waals surface area contributed by atoms with Crippen LogP contribution < -0.4 is 0 Å². The normalized spacial score (nSPS) is 12.1. The average Bonchev–Trinajstić information content (AvgIpc) is 1.56. The molecule has 0 bridgehead atoms. The fraction of sp³-hybridized carbons (Fsp3) is 0. The molecule has 0 unspecified atom stereocenters. The van der Waals surface area contributed by atoms with Gasteiger partial charge in [0.2, 0.25) is 0 Å². The molecule has 0 aliphatic heterocycles. The van der Waals surface area contributed by atoms with Crippen LogP contribution in [0.1, 0.15) is 0 Å². The largest absolute Gasteiger partial charge is 0.308 e. The number of para-hydroxylation sites is 6. The second kappa shape index (κ2) is 26.6. The van der Waals surface area contributed by atoms with E-state index in [9.17, 15) is 0 Å². The van der Waals surface area contributed by atoms with Crippen molar-refractivity contribution in [3.05, 3.63) is 382 Å². The summed E-state index contributed by atoms with van der Waals surface area (Å²) in [4.78, 5) is 0. The second-order valence-electron chi connectivity index (χ2n) is 30.3. The van der Waals surface area contributed by atoms with Crippen LogP contribution >= 0.6 is 68.0 Å². The van der Waals surface area contributed by atoms with E-state index in [1.807, 2.05) is 68.0 Å². The van der Waals surface area contributed by atoms with E-state index in [-0.39, 0.29) is 0 Å². The number of hydrogen-bond acceptors (Lipinski definition) is 6. The van der Waals surface area contributed by atoms with Gasteiger partial charge in [-0.1, -0.05) is 291 Å². The number of benzene rings is 18. The molecule has 9 aromatic heterocycles. The Morgan fingerprint density at radius 3 is 0.974 bits per heavy atom. The van der Waals surface area contributed by atoms with Crippen molar-refractivity contribution in [2.45, 2.75) is 0 Å². The zero-order valence-corrected chi connectivity index (χ0v) is 67.6. The quantitative estimate of drug-likeness (QED) is 0.158. The van der Waals surface area contributed by atoms with Crippen LogP contribution in [0.5, 0.6) is 0 Å². The molecule has 546 valence electrons. The van der Waals surface area contributed by atoms with Gasteiger partial charge in [0.1, 0.15) is 0 Å². The van der Waals surface area contributed by atoms with Gasteiger partial charge >= 0.3 is 0 Å². The molecule has 117 heavy (non-hydrogen) atoms. The lowest BCUT2D eigenvalue weighted by Gasteiger charge is -2.09. The van der Waals surface area contributed by atoms with Crippen LogP contribution in [-0.2, 0) is 0 Å². The maximum atomic E-state index is 2.44. The minimum Gasteiger partial charge on any atom is -0.308 e. The molecule has 3 nitrogen and oxygen atoms in total. The second-order valence-corrected chi connectivity index (χ2v) is 36.6. The van der Waals surface area contributed by atoms with Crippen molar-refractivity contribution < 1.29 is 0 Å². The predicted octanol–water partition coefficient (Wildman–Crippen LogP) is 33.6. The van der Waals surface area contributed by atoms with E-state index in [0.717, 1.165) is 0 Å². The van der Waals surface area contributed by atoms with Crippen molar-refractivity contribution in [2.24, 2.45) is 0 Å². The Labute approximate surface area is 694 Å². The molecule has 27 aromatic rings. The number of aromatic nitrogens is 3. The predicted molar refractivity (Wildman–Crippen MR) is 516 cm³/mol. The van der Waals surface area contributed by atoms with Crippen molar-refractivity contribution in [1.29, 1.82) is 0 Å². The highest BCUT2D eigenvalue weighted by Gasteiger charge is 2.25. The van der Waals surface area contributed by atoms with Crippen molar-refractivity contribution in [1.82, 2.24) is 13.7 Å². The zero-order valence-electron chi connectivity index (χ0n) is 62.7. The SMILES string of the molecule is c1ccc(-n2c3ccccc3c3sc4c(-c5cccc6sc7c8ccccc8ccc7c56)cccc4c32)cc1.c1ccc(-n2c3ccccc3c3sc4cc(-c5cccc6sc7c8ccccc8ccc7c56)ccc4c32)cc1.c1ccc(-n2c3ccccc3c3sc4ccc(-c5cccc6sc7c8ccccc8ccc7c56)cc4c32)cc1. The average molecular weight is 1600 g/mol. The Kier molecular flexibility index (Phi) is 15.3. The Morgan fingerprint density at radius 2 is 0.496 bits per heavy atom. The first-order valence-corrected chi connectivity index (χ1v) is 44.5. The van der Waals surface area contributed by atoms with E-state index < -0.39 is 0 Å². The summed E-state index contributed by atoms with van der Waals surface area (Å²) < 4.78 is 23.5. The molecule has 0 aliphatic rings. The van der Waals surface area contributed by atoms with Crippen LogP contribution in [0.15, 0.2) is 382 Å². The van der Waals surface area contributed by atoms with Crippen LogP contribution in [0.4, 0.5) is 0 Å². The van der Waals surface area contributed by atoms with E-state index in [1.54, 1.807) is 0 Å². The van der Waals surface area contributed by atoms with Crippen molar-refractivity contribution in [3.8, 4) is 50.4 Å². The topological polar surface area (TPSA) is 14.8 Å². The number of nitrogens with zero attached hydrogens (tertiary/aromatic N) is 3. The fourth-order valence-electron chi connectivity index (χ4n) is 18.9. The van der Waals surface area contributed by atoms with Crippen molar-refractivity contribution >= 4 is 254 Å². The Bertz CT molecular complexity index is 8700. The van der Waals surface area contributed by atoms with Gasteiger partial charge in [-0.15, -0.1) is 68.0 Å². The Morgan fingerprint density at radius 1 is 0.162 bits per heavy atom. The lowest BCUT2D eigenvalue weighted by atomic mass is 9.97. The molecule has 18 aromatic carbocycles. The highest BCUT2D eigenvalue weighted by molar-refractivity contribution is 7.29. The standard InChI is InChI=1S/3C36H21NS2/c1-2-11-23(12-3-1)37-30-18-7-6-14-27(30)36-33(37)29-17-8-16-26(35(29)39-36)25-15-9-19-31-32(25)28-21-20-22-10-4-5-13-24(22)34(28)38-31;1-2-10-24(11-3-1)37-30-15-7-6-13-27(30)36-34(37)28-19-18-23(21-32(28)39-36)25-14-8-16-31-33(25)29-20-17-22-9-4-5-12-26(22)35(29)38-31;1-2-10-24(11-3-1)37-30-15-7-6-13-27(30)36-34(37)29-21-23(18-20-31(29)38-36)25-14-8-16-32-33(25)28-19-17-22-9-4-5-12-26(22)35(28)39-32/h3*1-21H. The molecule has 0 N–H and O–H groups in total. The van der Waals surface area contributed by atoms with Crippen molar-refractivity contribution in [2.75, 3.05) is 0 Å². The molecule has 9 heteroatoms. The summed E-state index contributed by atoms with van der Waals surface area (Å²) >= 11 is 11.5. The summed E-state index contributed by atoms with van der Waals surface area (Å²) in [6.45, 7) is 0. The third-order valence-corrected chi connectivity index (χ3v) is 31.2. The number of rotatable bonds is 6. The first-order valence-electron chi connectivity index (χ1n) is 39.6. The summed E-state index contributed by atoms with van der Waals surface area (Å²) in [5, 5.41) is 23.9. The highest BCUT2D eigenvalue weighted by Crippen LogP contribution is 2.53. The van der Waals surface area contributed by atoms with Crippen LogP contribution in [0.3, 0.4) is 0 Å². The number of hydrogen-bond donors (Lipinski definition) is 0. The molecule has 0 radical (unpaired) electrons. The Balaban J connectivity index is 0.0000000980. The molecule has 0 saturated heterocycles. The van der Waals surface area contributed by atoms with Gasteiger partial charge in [0.25, 0.3) is 0 Å². The van der Waals surface area contributed by atoms with Gasteiger partial charge in [0.15, 0.2) is 0 Å². The summed E-state index contributed by atoms with van der Waals surface area (Å²) in [5.41, 5.74) is 19.1. The smallest absolute Gasteiger partial charge is 0.0727 e. The number of thiophene rings is 6. The summed E-state index contributed by atoms with van der Waals surface area (Å²) in [6, 6.07) is 140. The summed E-state index contributed by atoms with van der Waals surface area (Å²) in [6.07, 6.45) is 0. The van der Waals surface area contributed by atoms with Crippen LogP contribution in [0, 0.1) is 0 Å². The van der Waals surface area contributed by atoms with Crippen LogP contribution in [0.2, 0.25) is 0 Å². The molecule has 27 rings (SSSR count). The summed E-state index contributed by atoms with van der Waals surface area (Å²) in [5.74, 6) is 0. The van der Waals surface area contributed by atoms with Gasteiger partial charge in [-0.2, -0.15) is 0 Å². The van der Waals surface area contributed by atoms with E-state index in [4.69, 9.17) is 0 Å². The fourth-order valence-corrected chi connectivity index (χ4v) is 26.5. The molecule has 0 aliphatic carbocycles.